The summed E-state index contributed by atoms with van der Waals surface area (Å²) in [6, 6.07) is 23.8. The molecule has 1 aliphatic heterocycles. The van der Waals surface area contributed by atoms with Crippen molar-refractivity contribution in [2.75, 3.05) is 37.4 Å². The van der Waals surface area contributed by atoms with Crippen molar-refractivity contribution in [3.8, 4) is 5.75 Å². The molecule has 0 aliphatic carbocycles. The third-order valence-electron chi connectivity index (χ3n) is 8.14. The molecule has 8 nitrogen and oxygen atoms in total. The van der Waals surface area contributed by atoms with E-state index in [1.54, 1.807) is 29.2 Å². The number of halogens is 2. The molecule has 3 N–H and O–H groups in total. The van der Waals surface area contributed by atoms with Gasteiger partial charge in [0.1, 0.15) is 11.9 Å². The van der Waals surface area contributed by atoms with E-state index in [1.807, 2.05) is 68.6 Å². The summed E-state index contributed by atoms with van der Waals surface area (Å²) in [7, 11) is 2.01. The van der Waals surface area contributed by atoms with E-state index in [2.05, 4.69) is 22.5 Å². The summed E-state index contributed by atoms with van der Waals surface area (Å²) >= 11 is 12.3. The molecule has 3 amide bonds. The first-order chi connectivity index (χ1) is 21.6. The molecule has 4 aromatic carbocycles. The Balaban J connectivity index is 1.37. The van der Waals surface area contributed by atoms with E-state index in [0.29, 0.717) is 52.4 Å². The number of aliphatic hydroxyl groups excluding tert-OH is 1. The van der Waals surface area contributed by atoms with Gasteiger partial charge in [0.05, 0.1) is 34.8 Å². The van der Waals surface area contributed by atoms with Gasteiger partial charge in [-0.2, -0.15) is 0 Å². The molecule has 0 fully saturated rings. The van der Waals surface area contributed by atoms with E-state index >= 15 is 0 Å². The fourth-order valence-corrected chi connectivity index (χ4v) is 5.99. The quantitative estimate of drug-likeness (QED) is 0.190. The molecule has 0 saturated heterocycles. The minimum Gasteiger partial charge on any atom is -0.488 e. The third-order valence-corrected chi connectivity index (χ3v) is 8.88. The molecule has 3 atom stereocenters. The molecule has 4 aromatic rings. The monoisotopic (exact) mass is 648 g/mol. The standard InChI is InChI=1S/C35H38Cl2N4O4/c1-22-18-41(23(2)21-42)34(43)17-26-16-27(38-35(44)39-31-10-6-8-25-7-4-5-9-28(25)31)12-14-32(26)45-33(22)20-40(3)19-24-11-13-29(36)30(37)15-24/h4-16,22-23,33,42H,17-21H2,1-3H3,(H2,38,39,44)/t22-,23+,33-/m1/s1. The van der Waals surface area contributed by atoms with Gasteiger partial charge in [0.25, 0.3) is 0 Å². The van der Waals surface area contributed by atoms with Crippen LogP contribution in [0.15, 0.2) is 78.9 Å². The first-order valence-electron chi connectivity index (χ1n) is 15.0. The Morgan fingerprint density at radius 1 is 1.04 bits per heavy atom. The van der Waals surface area contributed by atoms with E-state index in [-0.39, 0.29) is 37.0 Å². The molecule has 1 heterocycles. The van der Waals surface area contributed by atoms with E-state index < -0.39 is 6.03 Å². The van der Waals surface area contributed by atoms with E-state index in [1.165, 1.54) is 0 Å². The number of aliphatic hydroxyl groups is 1. The summed E-state index contributed by atoms with van der Waals surface area (Å²) < 4.78 is 6.64. The van der Waals surface area contributed by atoms with Gasteiger partial charge >= 0.3 is 6.03 Å². The van der Waals surface area contributed by atoms with Gasteiger partial charge in [-0.1, -0.05) is 72.6 Å². The number of fused-ring (bicyclic) bond motifs is 2. The van der Waals surface area contributed by atoms with Crippen LogP contribution in [0.1, 0.15) is 25.0 Å². The molecule has 10 heteroatoms. The third kappa shape index (κ3) is 8.07. The number of hydrogen-bond acceptors (Lipinski definition) is 5. The fourth-order valence-electron chi connectivity index (χ4n) is 5.67. The van der Waals surface area contributed by atoms with Crippen LogP contribution in [0.5, 0.6) is 5.75 Å². The number of rotatable bonds is 8. The van der Waals surface area contributed by atoms with Gasteiger partial charge < -0.3 is 25.4 Å². The Labute approximate surface area is 273 Å². The molecular weight excluding hydrogens is 611 g/mol. The van der Waals surface area contributed by atoms with Crippen LogP contribution in [0.4, 0.5) is 16.2 Å². The number of urea groups is 1. The topological polar surface area (TPSA) is 94.1 Å². The maximum Gasteiger partial charge on any atom is 0.323 e. The Bertz CT molecular complexity index is 1680. The first-order valence-corrected chi connectivity index (χ1v) is 15.7. The molecule has 0 spiro atoms. The largest absolute Gasteiger partial charge is 0.488 e. The maximum atomic E-state index is 13.6. The number of anilines is 2. The molecule has 1 aliphatic rings. The van der Waals surface area contributed by atoms with Crippen molar-refractivity contribution in [2.24, 2.45) is 5.92 Å². The molecule has 0 unspecified atom stereocenters. The highest BCUT2D eigenvalue weighted by Gasteiger charge is 2.31. The lowest BCUT2D eigenvalue weighted by molar-refractivity contribution is -0.134. The zero-order chi connectivity index (χ0) is 32.1. The Morgan fingerprint density at radius 2 is 1.82 bits per heavy atom. The number of nitrogens with one attached hydrogen (secondary N) is 2. The number of benzene rings is 4. The molecule has 45 heavy (non-hydrogen) atoms. The highest BCUT2D eigenvalue weighted by atomic mass is 35.5. The van der Waals surface area contributed by atoms with Gasteiger partial charge in [-0.3, -0.25) is 9.69 Å². The summed E-state index contributed by atoms with van der Waals surface area (Å²) in [5, 5.41) is 18.8. The number of likely N-dealkylation sites (N-methyl/N-ethyl adjacent to an activating group) is 1. The number of amides is 3. The van der Waals surface area contributed by atoms with Crippen molar-refractivity contribution < 1.29 is 19.4 Å². The van der Waals surface area contributed by atoms with Crippen LogP contribution in [0, 0.1) is 5.92 Å². The van der Waals surface area contributed by atoms with Gasteiger partial charge in [0.15, 0.2) is 0 Å². The second kappa shape index (κ2) is 14.5. The van der Waals surface area contributed by atoms with Crippen molar-refractivity contribution in [2.45, 2.75) is 39.0 Å². The van der Waals surface area contributed by atoms with Crippen molar-refractivity contribution in [1.82, 2.24) is 9.80 Å². The van der Waals surface area contributed by atoms with Crippen molar-refractivity contribution in [1.29, 1.82) is 0 Å². The first kappa shape index (κ1) is 32.6. The Kier molecular flexibility index (Phi) is 10.5. The van der Waals surface area contributed by atoms with Crippen LogP contribution in [-0.4, -0.2) is 65.7 Å². The molecule has 236 valence electrons. The molecule has 0 aromatic heterocycles. The minimum absolute atomic E-state index is 0.0468. The normalized spacial score (nSPS) is 17.6. The smallest absolute Gasteiger partial charge is 0.323 e. The highest BCUT2D eigenvalue weighted by molar-refractivity contribution is 6.42. The number of nitrogens with zero attached hydrogens (tertiary/aromatic N) is 2. The second-order valence-corrected chi connectivity index (χ2v) is 12.6. The van der Waals surface area contributed by atoms with E-state index in [0.717, 1.165) is 16.3 Å². The van der Waals surface area contributed by atoms with E-state index in [4.69, 9.17) is 27.9 Å². The van der Waals surface area contributed by atoms with Gasteiger partial charge in [-0.15, -0.1) is 0 Å². The highest BCUT2D eigenvalue weighted by Crippen LogP contribution is 2.30. The van der Waals surface area contributed by atoms with Gasteiger partial charge in [0.2, 0.25) is 5.91 Å². The van der Waals surface area contributed by atoms with Crippen LogP contribution >= 0.6 is 23.2 Å². The van der Waals surface area contributed by atoms with Gasteiger partial charge in [0, 0.05) is 42.2 Å². The summed E-state index contributed by atoms with van der Waals surface area (Å²) in [5.74, 6) is 0.423. The van der Waals surface area contributed by atoms with Crippen molar-refractivity contribution in [3.63, 3.8) is 0 Å². The Hall–Kier alpha value is -3.82. The van der Waals surface area contributed by atoms with Crippen LogP contribution in [0.25, 0.3) is 10.8 Å². The van der Waals surface area contributed by atoms with Crippen LogP contribution in [0.2, 0.25) is 10.0 Å². The summed E-state index contributed by atoms with van der Waals surface area (Å²) in [6.45, 7) is 5.37. The van der Waals surface area contributed by atoms with Crippen LogP contribution < -0.4 is 15.4 Å². The minimum atomic E-state index is -0.396. The lowest BCUT2D eigenvalue weighted by Crippen LogP contribution is -2.47. The molecule has 0 radical (unpaired) electrons. The predicted molar refractivity (Wildman–Crippen MR) is 181 cm³/mol. The molecular formula is C35H38Cl2N4O4. The SMILES string of the molecule is C[C@@H]1CN([C@@H](C)CO)C(=O)Cc2cc(NC(=O)Nc3cccc4ccccc34)ccc2O[C@@H]1CN(C)Cc1ccc(Cl)c(Cl)c1. The zero-order valence-electron chi connectivity index (χ0n) is 25.6. The number of hydrogen-bond donors (Lipinski definition) is 3. The van der Waals surface area contributed by atoms with E-state index in [9.17, 15) is 14.7 Å². The zero-order valence-corrected chi connectivity index (χ0v) is 27.1. The second-order valence-electron chi connectivity index (χ2n) is 11.8. The predicted octanol–water partition coefficient (Wildman–Crippen LogP) is 7.07. The molecule has 5 rings (SSSR count). The molecule has 0 bridgehead atoms. The average molecular weight is 650 g/mol. The summed E-state index contributed by atoms with van der Waals surface area (Å²) in [6.07, 6.45) is -0.206. The van der Waals surface area contributed by atoms with Crippen molar-refractivity contribution >= 4 is 57.3 Å². The van der Waals surface area contributed by atoms with Gasteiger partial charge in [-0.25, -0.2) is 4.79 Å². The fraction of sp³-hybridized carbons (Fsp3) is 0.314. The summed E-state index contributed by atoms with van der Waals surface area (Å²) in [5.41, 5.74) is 2.91. The number of ether oxygens (including phenoxy) is 1. The van der Waals surface area contributed by atoms with Crippen molar-refractivity contribution in [3.05, 3.63) is 100 Å². The Morgan fingerprint density at radius 3 is 2.60 bits per heavy atom. The summed E-state index contributed by atoms with van der Waals surface area (Å²) in [4.78, 5) is 30.5. The maximum absolute atomic E-state index is 13.6. The van der Waals surface area contributed by atoms with Gasteiger partial charge in [-0.05, 0) is 61.3 Å². The van der Waals surface area contributed by atoms with Crippen LogP contribution in [0.3, 0.4) is 0 Å². The molecule has 0 saturated carbocycles. The number of carbonyl (C=O) groups is 2. The lowest BCUT2D eigenvalue weighted by Gasteiger charge is -2.34. The average Bonchev–Trinajstić information content (AvgIpc) is 3.06. The number of carbonyl (C=O) groups excluding carboxylic acids is 2. The lowest BCUT2D eigenvalue weighted by atomic mass is 10.0. The van der Waals surface area contributed by atoms with Crippen LogP contribution in [-0.2, 0) is 17.8 Å².